The van der Waals surface area contributed by atoms with Crippen LogP contribution in [0.4, 0.5) is 0 Å². The van der Waals surface area contributed by atoms with Crippen molar-refractivity contribution in [1.82, 2.24) is 47.8 Å². The van der Waals surface area contributed by atoms with Crippen molar-refractivity contribution in [2.45, 2.75) is 98.8 Å². The molecule has 10 heterocycles. The maximum absolute atomic E-state index is 11.4. The number of cyclic esters (lactones) is 5. The minimum atomic E-state index is -0.0373. The number of carbonyl (C=O) groups excluding carboxylic acids is 5. The van der Waals surface area contributed by atoms with E-state index >= 15 is 0 Å². The third-order valence-electron chi connectivity index (χ3n) is 15.7. The van der Waals surface area contributed by atoms with E-state index in [1.54, 1.807) is 31.6 Å². The van der Waals surface area contributed by atoms with Crippen molar-refractivity contribution in [3.63, 3.8) is 0 Å². The molecule has 0 aliphatic carbocycles. The van der Waals surface area contributed by atoms with Crippen molar-refractivity contribution in [3.8, 4) is 0 Å². The number of aromatic nitrogens is 10. The van der Waals surface area contributed by atoms with Gasteiger partial charge < -0.3 is 46.5 Å². The van der Waals surface area contributed by atoms with E-state index in [9.17, 15) is 24.0 Å². The Bertz CT molecular complexity index is 2200. The number of esters is 5. The summed E-state index contributed by atoms with van der Waals surface area (Å²) in [6.07, 6.45) is 26.9. The fourth-order valence-corrected chi connectivity index (χ4v) is 10.8. The molecule has 0 amide bonds. The first-order valence-corrected chi connectivity index (χ1v) is 26.7. The Morgan fingerprint density at radius 3 is 0.613 bits per heavy atom. The molecule has 10 atom stereocenters. The molecule has 5 aromatic heterocycles. The topological polar surface area (TPSA) is 221 Å². The summed E-state index contributed by atoms with van der Waals surface area (Å²) in [6.45, 7) is 13.0. The Morgan fingerprint density at radius 2 is 0.493 bits per heavy atom. The van der Waals surface area contributed by atoms with Gasteiger partial charge in [0.2, 0.25) is 0 Å². The van der Waals surface area contributed by atoms with Crippen LogP contribution in [0, 0.1) is 59.2 Å². The Hall–Kier alpha value is -6.60. The zero-order valence-corrected chi connectivity index (χ0v) is 45.7. The maximum Gasteiger partial charge on any atom is 0.309 e. The van der Waals surface area contributed by atoms with Crippen molar-refractivity contribution >= 4 is 29.8 Å². The van der Waals surface area contributed by atoms with E-state index in [2.05, 4.69) is 24.9 Å². The van der Waals surface area contributed by atoms with Crippen LogP contribution in [0.3, 0.4) is 0 Å². The Labute approximate surface area is 441 Å². The highest BCUT2D eigenvalue weighted by Crippen LogP contribution is 2.32. The van der Waals surface area contributed by atoms with Gasteiger partial charge in [0.1, 0.15) is 0 Å². The lowest BCUT2D eigenvalue weighted by Gasteiger charge is -2.12. The van der Waals surface area contributed by atoms with E-state index in [0.717, 1.165) is 92.7 Å². The minimum absolute atomic E-state index is 0.0373. The molecule has 0 saturated carbocycles. The Morgan fingerprint density at radius 1 is 0.333 bits per heavy atom. The molecule has 0 N–H and O–H groups in total. The first-order chi connectivity index (χ1) is 36.1. The molecule has 20 heteroatoms. The summed E-state index contributed by atoms with van der Waals surface area (Å²) in [5, 5.41) is 0. The van der Waals surface area contributed by atoms with Gasteiger partial charge >= 0.3 is 29.8 Å². The van der Waals surface area contributed by atoms with E-state index in [1.165, 1.54) is 0 Å². The van der Waals surface area contributed by atoms with E-state index in [1.807, 2.05) is 124 Å². The monoisotopic (exact) mass is 1040 g/mol. The number of carbonyl (C=O) groups is 5. The van der Waals surface area contributed by atoms with Gasteiger partial charge in [0.25, 0.3) is 0 Å². The fraction of sp³-hybridized carbons (Fsp3) is 0.636. The van der Waals surface area contributed by atoms with Crippen molar-refractivity contribution in [2.75, 3.05) is 33.0 Å². The van der Waals surface area contributed by atoms with Crippen LogP contribution < -0.4 is 0 Å². The molecule has 5 fully saturated rings. The zero-order chi connectivity index (χ0) is 54.2. The summed E-state index contributed by atoms with van der Waals surface area (Å²) in [4.78, 5) is 77.3. The van der Waals surface area contributed by atoms with Gasteiger partial charge in [-0.3, -0.25) is 24.0 Å². The molecule has 0 bridgehead atoms. The highest BCUT2D eigenvalue weighted by Gasteiger charge is 2.39. The quantitative estimate of drug-likeness (QED) is 0.0892. The van der Waals surface area contributed by atoms with Crippen molar-refractivity contribution in [3.05, 3.63) is 91.1 Å². The number of hydrogen-bond acceptors (Lipinski definition) is 15. The predicted molar refractivity (Wildman–Crippen MR) is 276 cm³/mol. The molecular weight excluding hydrogens is 961 g/mol. The van der Waals surface area contributed by atoms with Gasteiger partial charge in [-0.2, -0.15) is 0 Å². The first kappa shape index (κ1) is 57.7. The van der Waals surface area contributed by atoms with Gasteiger partial charge in [-0.25, -0.2) is 24.9 Å². The summed E-state index contributed by atoms with van der Waals surface area (Å²) < 4.78 is 35.4. The molecule has 5 aromatic rings. The van der Waals surface area contributed by atoms with Gasteiger partial charge in [-0.05, 0) is 64.2 Å². The van der Waals surface area contributed by atoms with E-state index < -0.39 is 0 Å². The number of rotatable bonds is 15. The van der Waals surface area contributed by atoms with Crippen molar-refractivity contribution in [2.24, 2.45) is 94.4 Å². The summed E-state index contributed by atoms with van der Waals surface area (Å²) in [6, 6.07) is 0. The third kappa shape index (κ3) is 15.1. The van der Waals surface area contributed by atoms with Gasteiger partial charge in [0, 0.05) is 124 Å². The summed E-state index contributed by atoms with van der Waals surface area (Å²) >= 11 is 0. The average molecular weight is 1040 g/mol. The summed E-state index contributed by atoms with van der Waals surface area (Å²) in [7, 11) is 9.87. The second-order valence-corrected chi connectivity index (χ2v) is 20.5. The molecule has 0 aromatic carbocycles. The molecule has 0 radical (unpaired) electrons. The summed E-state index contributed by atoms with van der Waals surface area (Å²) in [5.41, 5.74) is 5.82. The molecule has 0 unspecified atom stereocenters. The number of hydrogen-bond donors (Lipinski definition) is 0. The number of aryl methyl sites for hydroxylation is 5. The van der Waals surface area contributed by atoms with Crippen LogP contribution in [-0.2, 0) is 115 Å². The zero-order valence-electron chi connectivity index (χ0n) is 45.7. The molecule has 5 aliphatic rings. The smallest absolute Gasteiger partial charge is 0.309 e. The van der Waals surface area contributed by atoms with Crippen LogP contribution in [-0.4, -0.2) is 111 Å². The van der Waals surface area contributed by atoms with Crippen LogP contribution in [0.1, 0.15) is 95.2 Å². The van der Waals surface area contributed by atoms with Crippen LogP contribution in [0.15, 0.2) is 62.6 Å². The van der Waals surface area contributed by atoms with Gasteiger partial charge in [-0.1, -0.05) is 34.6 Å². The number of imidazole rings is 5. The lowest BCUT2D eigenvalue weighted by molar-refractivity contribution is -0.142. The predicted octanol–water partition coefficient (Wildman–Crippen LogP) is 5.81. The van der Waals surface area contributed by atoms with Gasteiger partial charge in [-0.15, -0.1) is 0 Å². The highest BCUT2D eigenvalue weighted by molar-refractivity contribution is 5.76. The molecular formula is C55H80N10O10. The van der Waals surface area contributed by atoms with E-state index in [0.29, 0.717) is 62.6 Å². The lowest BCUT2D eigenvalue weighted by atomic mass is 9.89. The standard InChI is InChI=1S/5C11H16N2O2/c5*1-3-10-8(6-15-11(10)14)4-9-5-12-7-13(9)2/h5*5,7-8,10H,3-4,6H2,1-2H3/t5*8-,10-/m00000/s1. The third-order valence-corrected chi connectivity index (χ3v) is 15.7. The molecule has 10 rings (SSSR count). The molecule has 20 nitrogen and oxygen atoms in total. The minimum Gasteiger partial charge on any atom is -0.465 e. The molecule has 5 saturated heterocycles. The van der Waals surface area contributed by atoms with Crippen molar-refractivity contribution < 1.29 is 47.7 Å². The average Bonchev–Trinajstić information content (AvgIpc) is 4.27. The largest absolute Gasteiger partial charge is 0.465 e. The van der Waals surface area contributed by atoms with Crippen LogP contribution >= 0.6 is 0 Å². The molecule has 5 aliphatic heterocycles. The molecule has 0 spiro atoms. The highest BCUT2D eigenvalue weighted by atomic mass is 16.6. The Balaban J connectivity index is 0.000000152. The second-order valence-electron chi connectivity index (χ2n) is 20.5. The van der Waals surface area contributed by atoms with Crippen LogP contribution in [0.5, 0.6) is 0 Å². The first-order valence-electron chi connectivity index (χ1n) is 26.7. The van der Waals surface area contributed by atoms with Crippen LogP contribution in [0.2, 0.25) is 0 Å². The number of ether oxygens (including phenoxy) is 5. The normalized spacial score (nSPS) is 25.6. The Kier molecular flexibility index (Phi) is 21.4. The van der Waals surface area contributed by atoms with Gasteiger partial charge in [0.05, 0.1) is 94.3 Å². The second kappa shape index (κ2) is 27.8. The van der Waals surface area contributed by atoms with Crippen LogP contribution in [0.25, 0.3) is 0 Å². The van der Waals surface area contributed by atoms with Gasteiger partial charge in [0.15, 0.2) is 0 Å². The molecule has 75 heavy (non-hydrogen) atoms. The SMILES string of the molecule is CC[C@@H]1C(=O)OC[C@@H]1Cc1cncn1C.CC[C@@H]1C(=O)OC[C@@H]1Cc1cncn1C.CC[C@@H]1C(=O)OC[C@@H]1Cc1cncn1C.CC[C@@H]1C(=O)OC[C@@H]1Cc1cncn1C.CC[C@@H]1C(=O)OC[C@@H]1Cc1cncn1C. The van der Waals surface area contributed by atoms with E-state index in [4.69, 9.17) is 23.7 Å². The summed E-state index contributed by atoms with van der Waals surface area (Å²) in [5.74, 6) is 1.75. The van der Waals surface area contributed by atoms with E-state index in [-0.39, 0.29) is 59.4 Å². The lowest BCUT2D eigenvalue weighted by Crippen LogP contribution is -2.18. The molecule has 410 valence electrons. The number of nitrogens with zero attached hydrogens (tertiary/aromatic N) is 10. The van der Waals surface area contributed by atoms with Crippen molar-refractivity contribution in [1.29, 1.82) is 0 Å². The maximum atomic E-state index is 11.4. The fourth-order valence-electron chi connectivity index (χ4n) is 10.8.